The van der Waals surface area contributed by atoms with E-state index in [2.05, 4.69) is 11.0 Å². The SMILES string of the molecule is Cc1ccccc1C(=O)N(C)Cc1cccc(N2CCC(C(=O)O)CC2)c1. The molecule has 2 aromatic rings. The monoisotopic (exact) mass is 366 g/mol. The van der Waals surface area contributed by atoms with Gasteiger partial charge >= 0.3 is 5.97 Å². The summed E-state index contributed by atoms with van der Waals surface area (Å²) in [5.74, 6) is -0.914. The maximum absolute atomic E-state index is 12.7. The molecule has 1 saturated heterocycles. The summed E-state index contributed by atoms with van der Waals surface area (Å²) < 4.78 is 0. The minimum Gasteiger partial charge on any atom is -0.481 e. The van der Waals surface area contributed by atoms with E-state index < -0.39 is 5.97 Å². The number of aryl methyl sites for hydroxylation is 1. The molecule has 2 aromatic carbocycles. The largest absolute Gasteiger partial charge is 0.481 e. The lowest BCUT2D eigenvalue weighted by atomic mass is 9.96. The van der Waals surface area contributed by atoms with Gasteiger partial charge in [0.1, 0.15) is 0 Å². The van der Waals surface area contributed by atoms with Gasteiger partial charge in [0.2, 0.25) is 0 Å². The van der Waals surface area contributed by atoms with E-state index in [0.29, 0.717) is 19.4 Å². The van der Waals surface area contributed by atoms with E-state index in [1.807, 2.05) is 56.4 Å². The molecule has 0 aliphatic carbocycles. The molecule has 0 atom stereocenters. The fourth-order valence-electron chi connectivity index (χ4n) is 3.60. The number of hydrogen-bond donors (Lipinski definition) is 1. The Morgan fingerprint density at radius 1 is 1.11 bits per heavy atom. The normalized spacial score (nSPS) is 14.8. The average Bonchev–Trinajstić information content (AvgIpc) is 2.68. The minimum atomic E-state index is -0.695. The van der Waals surface area contributed by atoms with Crippen LogP contribution >= 0.6 is 0 Å². The maximum Gasteiger partial charge on any atom is 0.306 e. The molecular weight excluding hydrogens is 340 g/mol. The van der Waals surface area contributed by atoms with Gasteiger partial charge in [-0.25, -0.2) is 0 Å². The van der Waals surface area contributed by atoms with Crippen LogP contribution in [0.4, 0.5) is 5.69 Å². The number of nitrogens with zero attached hydrogens (tertiary/aromatic N) is 2. The molecule has 1 N–H and O–H groups in total. The lowest BCUT2D eigenvalue weighted by molar-refractivity contribution is -0.142. The number of carbonyl (C=O) groups is 2. The molecule has 0 saturated carbocycles. The molecule has 1 aliphatic heterocycles. The molecule has 0 unspecified atom stereocenters. The van der Waals surface area contributed by atoms with E-state index in [1.165, 1.54) is 0 Å². The van der Waals surface area contributed by atoms with Crippen LogP contribution in [0.3, 0.4) is 0 Å². The molecule has 5 heteroatoms. The fourth-order valence-corrected chi connectivity index (χ4v) is 3.60. The summed E-state index contributed by atoms with van der Waals surface area (Å²) in [6.45, 7) is 3.98. The van der Waals surface area contributed by atoms with Crippen molar-refractivity contribution in [1.29, 1.82) is 0 Å². The Labute approximate surface area is 160 Å². The molecule has 0 radical (unpaired) electrons. The molecule has 0 aromatic heterocycles. The lowest BCUT2D eigenvalue weighted by Crippen LogP contribution is -2.36. The third kappa shape index (κ3) is 4.48. The van der Waals surface area contributed by atoms with Gasteiger partial charge in [-0.3, -0.25) is 9.59 Å². The molecule has 27 heavy (non-hydrogen) atoms. The highest BCUT2D eigenvalue weighted by molar-refractivity contribution is 5.95. The molecular formula is C22H26N2O3. The van der Waals surface area contributed by atoms with Crippen molar-refractivity contribution in [2.45, 2.75) is 26.3 Å². The van der Waals surface area contributed by atoms with Crippen molar-refractivity contribution in [2.24, 2.45) is 5.92 Å². The number of benzene rings is 2. The standard InChI is InChI=1S/C22H26N2O3/c1-16-6-3-4-9-20(16)21(25)23(2)15-17-7-5-8-19(14-17)24-12-10-18(11-13-24)22(26)27/h3-9,14,18H,10-13,15H2,1-2H3,(H,26,27). The van der Waals surface area contributed by atoms with E-state index >= 15 is 0 Å². The number of carboxylic acid groups (broad SMARTS) is 1. The highest BCUT2D eigenvalue weighted by Gasteiger charge is 2.24. The van der Waals surface area contributed by atoms with Crippen molar-refractivity contribution in [3.8, 4) is 0 Å². The second-order valence-electron chi connectivity index (χ2n) is 7.25. The Morgan fingerprint density at radius 2 is 1.81 bits per heavy atom. The van der Waals surface area contributed by atoms with Crippen LogP contribution in [0.25, 0.3) is 0 Å². The Balaban J connectivity index is 1.66. The molecule has 3 rings (SSSR count). The van der Waals surface area contributed by atoms with Gasteiger partial charge in [-0.15, -0.1) is 0 Å². The zero-order chi connectivity index (χ0) is 19.4. The van der Waals surface area contributed by atoms with Crippen LogP contribution in [-0.2, 0) is 11.3 Å². The van der Waals surface area contributed by atoms with Crippen LogP contribution < -0.4 is 4.90 Å². The van der Waals surface area contributed by atoms with Gasteiger partial charge in [0.25, 0.3) is 5.91 Å². The lowest BCUT2D eigenvalue weighted by Gasteiger charge is -2.32. The number of aliphatic carboxylic acids is 1. The predicted molar refractivity (Wildman–Crippen MR) is 106 cm³/mol. The minimum absolute atomic E-state index is 0.0146. The number of carbonyl (C=O) groups excluding carboxylic acids is 1. The molecule has 1 amide bonds. The van der Waals surface area contributed by atoms with Crippen LogP contribution in [0.15, 0.2) is 48.5 Å². The first-order valence-electron chi connectivity index (χ1n) is 9.33. The average molecular weight is 366 g/mol. The Morgan fingerprint density at radius 3 is 2.48 bits per heavy atom. The number of amides is 1. The third-order valence-corrected chi connectivity index (χ3v) is 5.26. The van der Waals surface area contributed by atoms with Crippen molar-refractivity contribution >= 4 is 17.6 Å². The molecule has 1 fully saturated rings. The van der Waals surface area contributed by atoms with Crippen LogP contribution in [0.2, 0.25) is 0 Å². The predicted octanol–water partition coefficient (Wildman–Crippen LogP) is 3.57. The Bertz CT molecular complexity index is 826. The summed E-state index contributed by atoms with van der Waals surface area (Å²) in [6.07, 6.45) is 1.34. The number of rotatable bonds is 5. The second kappa shape index (κ2) is 8.25. The van der Waals surface area contributed by atoms with E-state index in [1.54, 1.807) is 4.90 Å². The molecule has 0 spiro atoms. The number of hydrogen-bond acceptors (Lipinski definition) is 3. The summed E-state index contributed by atoms with van der Waals surface area (Å²) in [4.78, 5) is 27.8. The Hall–Kier alpha value is -2.82. The summed E-state index contributed by atoms with van der Waals surface area (Å²) in [6, 6.07) is 15.8. The van der Waals surface area contributed by atoms with Crippen molar-refractivity contribution in [2.75, 3.05) is 25.0 Å². The van der Waals surface area contributed by atoms with Gasteiger partial charge in [-0.1, -0.05) is 30.3 Å². The van der Waals surface area contributed by atoms with Gasteiger partial charge in [0.15, 0.2) is 0 Å². The zero-order valence-electron chi connectivity index (χ0n) is 15.9. The van der Waals surface area contributed by atoms with Gasteiger partial charge < -0.3 is 14.9 Å². The molecule has 1 heterocycles. The van der Waals surface area contributed by atoms with Crippen LogP contribution in [0, 0.1) is 12.8 Å². The van der Waals surface area contributed by atoms with Gasteiger partial charge in [-0.2, -0.15) is 0 Å². The molecule has 5 nitrogen and oxygen atoms in total. The third-order valence-electron chi connectivity index (χ3n) is 5.26. The molecule has 0 bridgehead atoms. The topological polar surface area (TPSA) is 60.9 Å². The van der Waals surface area contributed by atoms with Crippen molar-refractivity contribution in [3.05, 3.63) is 65.2 Å². The maximum atomic E-state index is 12.7. The Kier molecular flexibility index (Phi) is 5.79. The number of anilines is 1. The highest BCUT2D eigenvalue weighted by Crippen LogP contribution is 2.24. The fraction of sp³-hybridized carbons (Fsp3) is 0.364. The van der Waals surface area contributed by atoms with Crippen molar-refractivity contribution in [3.63, 3.8) is 0 Å². The van der Waals surface area contributed by atoms with E-state index in [4.69, 9.17) is 5.11 Å². The first-order valence-corrected chi connectivity index (χ1v) is 9.33. The van der Waals surface area contributed by atoms with Crippen LogP contribution in [0.5, 0.6) is 0 Å². The van der Waals surface area contributed by atoms with Crippen LogP contribution in [-0.4, -0.2) is 42.0 Å². The quantitative estimate of drug-likeness (QED) is 0.879. The first-order chi connectivity index (χ1) is 13.0. The van der Waals surface area contributed by atoms with Gasteiger partial charge in [-0.05, 0) is 49.1 Å². The summed E-state index contributed by atoms with van der Waals surface area (Å²) in [7, 11) is 1.82. The molecule has 142 valence electrons. The van der Waals surface area contributed by atoms with Crippen molar-refractivity contribution in [1.82, 2.24) is 4.90 Å². The number of carboxylic acids is 1. The number of piperidine rings is 1. The second-order valence-corrected chi connectivity index (χ2v) is 7.25. The van der Waals surface area contributed by atoms with E-state index in [-0.39, 0.29) is 11.8 Å². The summed E-state index contributed by atoms with van der Waals surface area (Å²) in [5.41, 5.74) is 3.86. The smallest absolute Gasteiger partial charge is 0.306 e. The van der Waals surface area contributed by atoms with Gasteiger partial charge in [0, 0.05) is 37.9 Å². The van der Waals surface area contributed by atoms with Crippen molar-refractivity contribution < 1.29 is 14.7 Å². The first kappa shape index (κ1) is 19.0. The van der Waals surface area contributed by atoms with E-state index in [0.717, 1.165) is 35.5 Å². The highest BCUT2D eigenvalue weighted by atomic mass is 16.4. The van der Waals surface area contributed by atoms with Crippen LogP contribution in [0.1, 0.15) is 34.3 Å². The summed E-state index contributed by atoms with van der Waals surface area (Å²) >= 11 is 0. The van der Waals surface area contributed by atoms with Gasteiger partial charge in [0.05, 0.1) is 5.92 Å². The zero-order valence-corrected chi connectivity index (χ0v) is 15.9. The molecule has 1 aliphatic rings. The van der Waals surface area contributed by atoms with E-state index in [9.17, 15) is 9.59 Å². The summed E-state index contributed by atoms with van der Waals surface area (Å²) in [5, 5.41) is 9.15.